The van der Waals surface area contributed by atoms with Crippen LogP contribution in [0.2, 0.25) is 0 Å². The van der Waals surface area contributed by atoms with Gasteiger partial charge in [-0.15, -0.1) is 0 Å². The molecule has 0 unspecified atom stereocenters. The smallest absolute Gasteiger partial charge is 0.330 e. The minimum atomic E-state index is -1.46. The van der Waals surface area contributed by atoms with Crippen LogP contribution in [-0.4, -0.2) is 79.5 Å². The van der Waals surface area contributed by atoms with E-state index in [2.05, 4.69) is 4.98 Å². The average molecular weight is 374 g/mol. The van der Waals surface area contributed by atoms with Crippen LogP contribution in [0.5, 0.6) is 0 Å². The monoisotopic (exact) mass is 374 g/mol. The molecule has 1 aromatic rings. The van der Waals surface area contributed by atoms with Crippen LogP contribution in [0.4, 0.5) is 0 Å². The highest BCUT2D eigenvalue weighted by molar-refractivity contribution is 4.90. The predicted molar refractivity (Wildman–Crippen MR) is 84.2 cm³/mol. The van der Waals surface area contributed by atoms with Crippen molar-refractivity contribution in [2.24, 2.45) is 0 Å². The van der Waals surface area contributed by atoms with E-state index in [0.29, 0.717) is 0 Å². The second-order valence-electron chi connectivity index (χ2n) is 6.46. The van der Waals surface area contributed by atoms with E-state index in [1.54, 1.807) is 0 Å². The lowest BCUT2D eigenvalue weighted by Gasteiger charge is -2.39. The summed E-state index contributed by atoms with van der Waals surface area (Å²) in [6.45, 7) is 1.35. The highest BCUT2D eigenvalue weighted by Crippen LogP contribution is 2.29. The lowest BCUT2D eigenvalue weighted by Crippen LogP contribution is -2.57. The third-order valence-electron chi connectivity index (χ3n) is 4.60. The molecule has 0 aliphatic carbocycles. The van der Waals surface area contributed by atoms with Crippen molar-refractivity contribution in [3.63, 3.8) is 0 Å². The standard InChI is InChI=1S/C15H22N2O9/c1-6-11(20)12(21)13(22)14(25-6)24-5-8-7(18)4-10(26-8)17-3-2-9(19)16-15(17)23/h2-3,6-8,10-14,18,20-22H,4-5H2,1H3,(H,16,19,23)/t6-,7-,8+,10+,11+,12+,13-,14+/m0/s1. The fraction of sp³-hybridized carbons (Fsp3) is 0.733. The predicted octanol–water partition coefficient (Wildman–Crippen LogP) is -2.97. The van der Waals surface area contributed by atoms with Gasteiger partial charge in [-0.25, -0.2) is 4.79 Å². The molecule has 2 saturated heterocycles. The van der Waals surface area contributed by atoms with E-state index in [-0.39, 0.29) is 13.0 Å². The van der Waals surface area contributed by atoms with Gasteiger partial charge in [-0.3, -0.25) is 14.3 Å². The van der Waals surface area contributed by atoms with Crippen LogP contribution in [0, 0.1) is 0 Å². The van der Waals surface area contributed by atoms with E-state index in [1.165, 1.54) is 19.2 Å². The number of hydrogen-bond acceptors (Lipinski definition) is 9. The molecule has 11 nitrogen and oxygen atoms in total. The Kier molecular flexibility index (Phi) is 5.58. The van der Waals surface area contributed by atoms with Crippen LogP contribution in [-0.2, 0) is 14.2 Å². The van der Waals surface area contributed by atoms with Crippen molar-refractivity contribution in [2.75, 3.05) is 6.61 Å². The van der Waals surface area contributed by atoms with E-state index in [0.717, 1.165) is 4.57 Å². The number of hydrogen-bond donors (Lipinski definition) is 5. The number of aliphatic hydroxyl groups excluding tert-OH is 4. The molecule has 2 aliphatic heterocycles. The molecule has 5 N–H and O–H groups in total. The molecule has 11 heteroatoms. The Labute approximate surface area is 147 Å². The van der Waals surface area contributed by atoms with E-state index in [9.17, 15) is 30.0 Å². The Morgan fingerprint density at radius 1 is 1.19 bits per heavy atom. The van der Waals surface area contributed by atoms with E-state index >= 15 is 0 Å². The zero-order chi connectivity index (χ0) is 19.0. The van der Waals surface area contributed by atoms with E-state index < -0.39 is 60.4 Å². The molecular formula is C15H22N2O9. The van der Waals surface area contributed by atoms with Crippen molar-refractivity contribution in [1.82, 2.24) is 9.55 Å². The molecule has 3 rings (SSSR count). The second-order valence-corrected chi connectivity index (χ2v) is 6.46. The summed E-state index contributed by atoms with van der Waals surface area (Å²) in [4.78, 5) is 25.0. The summed E-state index contributed by atoms with van der Waals surface area (Å²) in [7, 11) is 0. The van der Waals surface area contributed by atoms with Crippen molar-refractivity contribution in [2.45, 2.75) is 62.5 Å². The van der Waals surface area contributed by atoms with Crippen LogP contribution < -0.4 is 11.2 Å². The maximum atomic E-state index is 11.8. The largest absolute Gasteiger partial charge is 0.390 e. The number of aromatic nitrogens is 2. The summed E-state index contributed by atoms with van der Waals surface area (Å²) < 4.78 is 17.5. The number of ether oxygens (including phenoxy) is 3. The maximum absolute atomic E-state index is 11.8. The first-order valence-electron chi connectivity index (χ1n) is 8.24. The Hall–Kier alpha value is -1.60. The number of nitrogens with zero attached hydrogens (tertiary/aromatic N) is 1. The molecule has 0 spiro atoms. The molecule has 0 amide bonds. The minimum absolute atomic E-state index is 0.103. The Balaban J connectivity index is 1.61. The number of aromatic amines is 1. The first-order valence-corrected chi connectivity index (χ1v) is 8.24. The summed E-state index contributed by atoms with van der Waals surface area (Å²) in [5.41, 5.74) is -1.20. The van der Waals surface area contributed by atoms with Gasteiger partial charge >= 0.3 is 5.69 Å². The molecule has 0 aromatic carbocycles. The van der Waals surface area contributed by atoms with E-state index in [1.807, 2.05) is 0 Å². The summed E-state index contributed by atoms with van der Waals surface area (Å²) in [6.07, 6.45) is -7.25. The molecule has 1 aromatic heterocycles. The Bertz CT molecular complexity index is 734. The van der Waals surface area contributed by atoms with Crippen LogP contribution in [0.25, 0.3) is 0 Å². The quantitative estimate of drug-likeness (QED) is 0.370. The molecule has 8 atom stereocenters. The van der Waals surface area contributed by atoms with Crippen molar-refractivity contribution in [3.05, 3.63) is 33.1 Å². The SMILES string of the molecule is C[C@@H]1O[C@@H](OC[C@H]2O[C@@H](n3ccc(=O)[nH]c3=O)C[C@@H]2O)[C@@H](O)[C@H](O)[C@@H]1O. The molecule has 2 fully saturated rings. The Morgan fingerprint density at radius 2 is 1.92 bits per heavy atom. The van der Waals surface area contributed by atoms with Gasteiger partial charge in [0.15, 0.2) is 6.29 Å². The topological polar surface area (TPSA) is 163 Å². The minimum Gasteiger partial charge on any atom is -0.390 e. The van der Waals surface area contributed by atoms with Crippen molar-refractivity contribution in [3.8, 4) is 0 Å². The fourth-order valence-corrected chi connectivity index (χ4v) is 3.03. The third kappa shape index (κ3) is 3.74. The number of H-pyrrole nitrogens is 1. The van der Waals surface area contributed by atoms with Gasteiger partial charge in [0.25, 0.3) is 5.56 Å². The lowest BCUT2D eigenvalue weighted by atomic mass is 10.00. The fourth-order valence-electron chi connectivity index (χ4n) is 3.03. The van der Waals surface area contributed by atoms with E-state index in [4.69, 9.17) is 14.2 Å². The molecule has 0 saturated carbocycles. The van der Waals surface area contributed by atoms with Gasteiger partial charge in [0.2, 0.25) is 0 Å². The molecule has 2 aliphatic rings. The van der Waals surface area contributed by atoms with Gasteiger partial charge in [-0.05, 0) is 6.92 Å². The maximum Gasteiger partial charge on any atom is 0.330 e. The number of nitrogens with one attached hydrogen (secondary N) is 1. The number of rotatable bonds is 4. The second kappa shape index (κ2) is 7.56. The summed E-state index contributed by atoms with van der Waals surface area (Å²) in [5.74, 6) is 0. The molecule has 146 valence electrons. The normalized spacial score (nSPS) is 40.7. The number of aliphatic hydroxyl groups is 4. The third-order valence-corrected chi connectivity index (χ3v) is 4.60. The molecule has 26 heavy (non-hydrogen) atoms. The van der Waals surface area contributed by atoms with Crippen molar-refractivity contribution < 1.29 is 34.6 Å². The first kappa shape index (κ1) is 19.2. The average Bonchev–Trinajstić information content (AvgIpc) is 2.95. The highest BCUT2D eigenvalue weighted by atomic mass is 16.7. The summed E-state index contributed by atoms with van der Waals surface area (Å²) >= 11 is 0. The van der Waals surface area contributed by atoms with Gasteiger partial charge in [0.05, 0.1) is 18.8 Å². The Morgan fingerprint density at radius 3 is 2.62 bits per heavy atom. The summed E-state index contributed by atoms with van der Waals surface area (Å²) in [5, 5.41) is 39.5. The van der Waals surface area contributed by atoms with Crippen LogP contribution >= 0.6 is 0 Å². The zero-order valence-electron chi connectivity index (χ0n) is 14.0. The van der Waals surface area contributed by atoms with Crippen LogP contribution in [0.15, 0.2) is 21.9 Å². The highest BCUT2D eigenvalue weighted by Gasteiger charge is 2.43. The van der Waals surface area contributed by atoms with Gasteiger partial charge in [0, 0.05) is 18.7 Å². The first-order chi connectivity index (χ1) is 12.3. The van der Waals surface area contributed by atoms with Gasteiger partial charge in [0.1, 0.15) is 30.6 Å². The molecule has 3 heterocycles. The van der Waals surface area contributed by atoms with Crippen molar-refractivity contribution in [1.29, 1.82) is 0 Å². The lowest BCUT2D eigenvalue weighted by molar-refractivity contribution is -0.298. The van der Waals surface area contributed by atoms with Crippen molar-refractivity contribution >= 4 is 0 Å². The van der Waals surface area contributed by atoms with Gasteiger partial charge in [-0.2, -0.15) is 0 Å². The van der Waals surface area contributed by atoms with Gasteiger partial charge in [-0.1, -0.05) is 0 Å². The molecule has 0 bridgehead atoms. The molecular weight excluding hydrogens is 352 g/mol. The van der Waals surface area contributed by atoms with Crippen LogP contribution in [0.1, 0.15) is 19.6 Å². The zero-order valence-corrected chi connectivity index (χ0v) is 14.0. The molecule has 0 radical (unpaired) electrons. The summed E-state index contributed by atoms with van der Waals surface area (Å²) in [6, 6.07) is 1.17. The van der Waals surface area contributed by atoms with Crippen LogP contribution in [0.3, 0.4) is 0 Å². The van der Waals surface area contributed by atoms with Gasteiger partial charge < -0.3 is 34.6 Å².